The minimum absolute atomic E-state index is 0.125. The lowest BCUT2D eigenvalue weighted by molar-refractivity contribution is -0.133. The second-order valence-electron chi connectivity index (χ2n) is 7.17. The lowest BCUT2D eigenvalue weighted by atomic mass is 10.1. The van der Waals surface area contributed by atoms with E-state index in [1.807, 2.05) is 26.0 Å². The van der Waals surface area contributed by atoms with Gasteiger partial charge in [-0.1, -0.05) is 19.9 Å². The minimum atomic E-state index is -3.46. The van der Waals surface area contributed by atoms with Crippen LogP contribution in [-0.2, 0) is 27.7 Å². The van der Waals surface area contributed by atoms with Crippen molar-refractivity contribution in [3.05, 3.63) is 29.3 Å². The van der Waals surface area contributed by atoms with Gasteiger partial charge in [0.25, 0.3) is 0 Å². The molecule has 1 saturated heterocycles. The highest BCUT2D eigenvalue weighted by molar-refractivity contribution is 7.89. The maximum Gasteiger partial charge on any atom is 0.243 e. The normalized spacial score (nSPS) is 18.9. The van der Waals surface area contributed by atoms with Gasteiger partial charge >= 0.3 is 0 Å². The first-order chi connectivity index (χ1) is 11.4. The van der Waals surface area contributed by atoms with Gasteiger partial charge in [0, 0.05) is 32.6 Å². The molecule has 132 valence electrons. The van der Waals surface area contributed by atoms with Crippen molar-refractivity contribution in [3.8, 4) is 0 Å². The molecule has 24 heavy (non-hydrogen) atoms. The fraction of sp³-hybridized carbons (Fsp3) is 0.611. The van der Waals surface area contributed by atoms with Gasteiger partial charge in [-0.25, -0.2) is 8.42 Å². The number of piperazine rings is 1. The van der Waals surface area contributed by atoms with E-state index in [4.69, 9.17) is 0 Å². The molecule has 6 heteroatoms. The number of rotatable bonds is 4. The predicted molar refractivity (Wildman–Crippen MR) is 93.3 cm³/mol. The molecular formula is C18H26N2O3S. The van der Waals surface area contributed by atoms with Crippen LogP contribution in [0.4, 0.5) is 0 Å². The van der Waals surface area contributed by atoms with E-state index in [1.165, 1.54) is 15.4 Å². The number of fused-ring (bicyclic) bond motifs is 1. The average Bonchev–Trinajstić information content (AvgIpc) is 3.02. The minimum Gasteiger partial charge on any atom is -0.340 e. The van der Waals surface area contributed by atoms with Gasteiger partial charge in [-0.2, -0.15) is 4.31 Å². The SMILES string of the molecule is CC(C)CC(=O)N1CCN(S(=O)(=O)c2ccc3c(c2)CCC3)CC1. The summed E-state index contributed by atoms with van der Waals surface area (Å²) in [6, 6.07) is 5.53. The molecular weight excluding hydrogens is 324 g/mol. The van der Waals surface area contributed by atoms with Crippen molar-refractivity contribution < 1.29 is 13.2 Å². The van der Waals surface area contributed by atoms with Crippen LogP contribution >= 0.6 is 0 Å². The Kier molecular flexibility index (Phi) is 4.97. The Bertz CT molecular complexity index is 720. The zero-order valence-corrected chi connectivity index (χ0v) is 15.3. The molecule has 0 saturated carbocycles. The largest absolute Gasteiger partial charge is 0.340 e. The van der Waals surface area contributed by atoms with E-state index in [0.717, 1.165) is 19.3 Å². The first-order valence-electron chi connectivity index (χ1n) is 8.77. The van der Waals surface area contributed by atoms with Crippen LogP contribution in [0.5, 0.6) is 0 Å². The number of hydrogen-bond acceptors (Lipinski definition) is 3. The molecule has 0 bridgehead atoms. The third-order valence-corrected chi connectivity index (χ3v) is 6.78. The zero-order chi connectivity index (χ0) is 17.3. The van der Waals surface area contributed by atoms with Crippen LogP contribution in [0, 0.1) is 5.92 Å². The standard InChI is InChI=1S/C18H26N2O3S/c1-14(2)12-18(21)19-8-10-20(11-9-19)24(22,23)17-7-6-15-4-3-5-16(15)13-17/h6-7,13-14H,3-5,8-12H2,1-2H3. The molecule has 0 aromatic heterocycles. The van der Waals surface area contributed by atoms with Crippen LogP contribution in [0.25, 0.3) is 0 Å². The summed E-state index contributed by atoms with van der Waals surface area (Å²) in [4.78, 5) is 14.3. The highest BCUT2D eigenvalue weighted by atomic mass is 32.2. The Hall–Kier alpha value is -1.40. The lowest BCUT2D eigenvalue weighted by Gasteiger charge is -2.34. The molecule has 1 aromatic rings. The molecule has 1 aromatic carbocycles. The Morgan fingerprint density at radius 3 is 2.42 bits per heavy atom. The van der Waals surface area contributed by atoms with Gasteiger partial charge in [-0.15, -0.1) is 0 Å². The summed E-state index contributed by atoms with van der Waals surface area (Å²) in [5.41, 5.74) is 2.44. The Labute approximate surface area is 144 Å². The second kappa shape index (κ2) is 6.84. The number of nitrogens with zero attached hydrogens (tertiary/aromatic N) is 2. The highest BCUT2D eigenvalue weighted by Crippen LogP contribution is 2.26. The molecule has 0 N–H and O–H groups in total. The molecule has 0 radical (unpaired) electrons. The molecule has 2 aliphatic rings. The first-order valence-corrected chi connectivity index (χ1v) is 10.2. The van der Waals surface area contributed by atoms with Crippen molar-refractivity contribution in [1.82, 2.24) is 9.21 Å². The fourth-order valence-electron chi connectivity index (χ4n) is 3.51. The topological polar surface area (TPSA) is 57.7 Å². The van der Waals surface area contributed by atoms with Crippen LogP contribution in [0.1, 0.15) is 37.8 Å². The molecule has 0 unspecified atom stereocenters. The van der Waals surface area contributed by atoms with Gasteiger partial charge < -0.3 is 4.90 Å². The number of carbonyl (C=O) groups excluding carboxylic acids is 1. The first kappa shape index (κ1) is 17.4. The third-order valence-electron chi connectivity index (χ3n) is 4.88. The van der Waals surface area contributed by atoms with Gasteiger partial charge in [-0.05, 0) is 48.4 Å². The van der Waals surface area contributed by atoms with Crippen molar-refractivity contribution in [2.75, 3.05) is 26.2 Å². The van der Waals surface area contributed by atoms with Gasteiger partial charge in [-0.3, -0.25) is 4.79 Å². The van der Waals surface area contributed by atoms with Crippen molar-refractivity contribution in [3.63, 3.8) is 0 Å². The van der Waals surface area contributed by atoms with E-state index in [1.54, 1.807) is 11.0 Å². The van der Waals surface area contributed by atoms with Gasteiger partial charge in [0.15, 0.2) is 0 Å². The van der Waals surface area contributed by atoms with Crippen molar-refractivity contribution in [1.29, 1.82) is 0 Å². The quantitative estimate of drug-likeness (QED) is 0.835. The van der Waals surface area contributed by atoms with E-state index in [0.29, 0.717) is 43.4 Å². The smallest absolute Gasteiger partial charge is 0.243 e. The summed E-state index contributed by atoms with van der Waals surface area (Å²) < 4.78 is 27.2. The molecule has 1 aliphatic carbocycles. The second-order valence-corrected chi connectivity index (χ2v) is 9.10. The van der Waals surface area contributed by atoms with Gasteiger partial charge in [0.05, 0.1) is 4.90 Å². The monoisotopic (exact) mass is 350 g/mol. The van der Waals surface area contributed by atoms with E-state index < -0.39 is 10.0 Å². The number of benzene rings is 1. The predicted octanol–water partition coefficient (Wildman–Crippen LogP) is 2.05. The molecule has 5 nitrogen and oxygen atoms in total. The van der Waals surface area contributed by atoms with Crippen LogP contribution in [0.2, 0.25) is 0 Å². The fourth-order valence-corrected chi connectivity index (χ4v) is 4.99. The lowest BCUT2D eigenvalue weighted by Crippen LogP contribution is -2.50. The van der Waals surface area contributed by atoms with Crippen LogP contribution < -0.4 is 0 Å². The molecule has 0 spiro atoms. The molecule has 3 rings (SSSR count). The summed E-state index contributed by atoms with van der Waals surface area (Å²) in [5, 5.41) is 0. The number of aryl methyl sites for hydroxylation is 2. The maximum atomic E-state index is 12.9. The zero-order valence-electron chi connectivity index (χ0n) is 14.5. The summed E-state index contributed by atoms with van der Waals surface area (Å²) in [6.07, 6.45) is 3.65. The van der Waals surface area contributed by atoms with Crippen LogP contribution in [0.3, 0.4) is 0 Å². The van der Waals surface area contributed by atoms with Crippen LogP contribution in [-0.4, -0.2) is 49.7 Å². The number of hydrogen-bond donors (Lipinski definition) is 0. The number of carbonyl (C=O) groups is 1. The molecule has 1 fully saturated rings. The average molecular weight is 350 g/mol. The van der Waals surface area contributed by atoms with E-state index >= 15 is 0 Å². The molecule has 1 aliphatic heterocycles. The summed E-state index contributed by atoms with van der Waals surface area (Å²) in [6.45, 7) is 5.76. The highest BCUT2D eigenvalue weighted by Gasteiger charge is 2.30. The van der Waals surface area contributed by atoms with E-state index in [-0.39, 0.29) is 5.91 Å². The number of sulfonamides is 1. The summed E-state index contributed by atoms with van der Waals surface area (Å²) >= 11 is 0. The maximum absolute atomic E-state index is 12.9. The Balaban J connectivity index is 1.68. The van der Waals surface area contributed by atoms with Crippen LogP contribution in [0.15, 0.2) is 23.1 Å². The van der Waals surface area contributed by atoms with E-state index in [9.17, 15) is 13.2 Å². The molecule has 1 heterocycles. The third kappa shape index (κ3) is 3.49. The molecule has 1 amide bonds. The van der Waals surface area contributed by atoms with Gasteiger partial charge in [0.2, 0.25) is 15.9 Å². The molecule has 0 atom stereocenters. The Morgan fingerprint density at radius 2 is 1.75 bits per heavy atom. The van der Waals surface area contributed by atoms with E-state index in [2.05, 4.69) is 0 Å². The summed E-state index contributed by atoms with van der Waals surface area (Å²) in [7, 11) is -3.46. The Morgan fingerprint density at radius 1 is 1.08 bits per heavy atom. The summed E-state index contributed by atoms with van der Waals surface area (Å²) in [5.74, 6) is 0.449. The number of amides is 1. The van der Waals surface area contributed by atoms with Crippen molar-refractivity contribution >= 4 is 15.9 Å². The van der Waals surface area contributed by atoms with Gasteiger partial charge in [0.1, 0.15) is 0 Å². The van der Waals surface area contributed by atoms with Crippen molar-refractivity contribution in [2.24, 2.45) is 5.92 Å². The van der Waals surface area contributed by atoms with Crippen molar-refractivity contribution in [2.45, 2.75) is 44.4 Å².